The summed E-state index contributed by atoms with van der Waals surface area (Å²) in [5, 5.41) is 26.9. The van der Waals surface area contributed by atoms with Gasteiger partial charge in [0.15, 0.2) is 0 Å². The van der Waals surface area contributed by atoms with E-state index in [-0.39, 0.29) is 45.4 Å². The van der Waals surface area contributed by atoms with Crippen molar-refractivity contribution in [3.8, 4) is 0 Å². The number of carbonyl (C=O) groups is 6. The lowest BCUT2D eigenvalue weighted by molar-refractivity contribution is 0.101. The van der Waals surface area contributed by atoms with Crippen LogP contribution in [0.2, 0.25) is 0 Å². The van der Waals surface area contributed by atoms with Crippen LogP contribution in [0.4, 0.5) is 47.7 Å². The average Bonchev–Trinajstić information content (AvgIpc) is 1.30. The molecule has 1 aliphatic heterocycles. The predicted molar refractivity (Wildman–Crippen MR) is 359 cm³/mol. The van der Waals surface area contributed by atoms with Crippen molar-refractivity contribution >= 4 is 135 Å². The van der Waals surface area contributed by atoms with E-state index in [1.54, 1.807) is 135 Å². The summed E-state index contributed by atoms with van der Waals surface area (Å²) in [6.07, 6.45) is 4.56. The number of pyridine rings is 3. The van der Waals surface area contributed by atoms with Crippen LogP contribution in [0.25, 0.3) is 0 Å². The van der Waals surface area contributed by atoms with Gasteiger partial charge in [-0.25, -0.2) is 28.1 Å². The molecule has 10 rings (SSSR count). The van der Waals surface area contributed by atoms with Crippen molar-refractivity contribution in [2.45, 2.75) is 0 Å². The van der Waals surface area contributed by atoms with Crippen LogP contribution in [-0.4, -0.2) is 107 Å². The Kier molecular flexibility index (Phi) is 23.1. The third kappa shape index (κ3) is 18.7. The Bertz CT molecular complexity index is 4280. The first-order valence-electron chi connectivity index (χ1n) is 27.3. The fourth-order valence-corrected chi connectivity index (χ4v) is 8.96. The lowest BCUT2D eigenvalue weighted by Crippen LogP contribution is -2.22. The molecule has 0 radical (unpaired) electrons. The fourth-order valence-electron chi connectivity index (χ4n) is 8.25. The number of nitrogens with one attached hydrogen (secondary N) is 8. The van der Waals surface area contributed by atoms with Gasteiger partial charge in [-0.2, -0.15) is 0 Å². The molecule has 3 aromatic heterocycles. The fraction of sp³-hybridized carbons (Fsp3) is 0.0769. The SMILES string of the molecule is CN(C)C(=N)c1ccc(C(=O)Nc2ccc(F)cc2C(=O)Nc2ccc(Br)cn2)cc1.CN=C(N)c1ccc(C(=O)Nc2ccc(F)cc2C(=O)Nc2ccc(Br)cn2)cc1.O=C(Nc1ccc(F)cc1C(=O)Nc1ccc(Br)cn1)c1ccc(C2=NCCN2)cc1. The topological polar surface area (TPSA) is 303 Å². The Morgan fingerprint density at radius 3 is 1.12 bits per heavy atom. The van der Waals surface area contributed by atoms with E-state index in [0.29, 0.717) is 45.3 Å². The second-order valence-corrected chi connectivity index (χ2v) is 22.4. The van der Waals surface area contributed by atoms with E-state index in [1.807, 2.05) is 0 Å². The number of aromatic nitrogens is 3. The minimum Gasteiger partial charge on any atom is -0.384 e. The van der Waals surface area contributed by atoms with Gasteiger partial charge in [0, 0.05) is 93.1 Å². The number of aliphatic imine (C=N–C) groups is 2. The number of hydrogen-bond donors (Lipinski definition) is 9. The van der Waals surface area contributed by atoms with Crippen LogP contribution in [-0.2, 0) is 0 Å². The maximum Gasteiger partial charge on any atom is 0.259 e. The maximum atomic E-state index is 13.8. The third-order valence-electron chi connectivity index (χ3n) is 13.0. The van der Waals surface area contributed by atoms with Gasteiger partial charge >= 0.3 is 0 Å². The Labute approximate surface area is 549 Å². The molecular weight excluding hydrogens is 1380 g/mol. The van der Waals surface area contributed by atoms with E-state index in [9.17, 15) is 41.9 Å². The van der Waals surface area contributed by atoms with E-state index in [1.165, 1.54) is 42.9 Å². The van der Waals surface area contributed by atoms with E-state index in [0.717, 1.165) is 68.2 Å². The smallest absolute Gasteiger partial charge is 0.259 e. The molecule has 6 aromatic carbocycles. The number of anilines is 6. The summed E-state index contributed by atoms with van der Waals surface area (Å²) >= 11 is 9.79. The summed E-state index contributed by atoms with van der Waals surface area (Å²) in [5.74, 6) is -2.65. The normalized spacial score (nSPS) is 11.4. The zero-order valence-corrected chi connectivity index (χ0v) is 53.5. The molecule has 0 fully saturated rings. The van der Waals surface area contributed by atoms with Crippen LogP contribution in [0.3, 0.4) is 0 Å². The summed E-state index contributed by atoms with van der Waals surface area (Å²) in [6, 6.07) is 40.5. The lowest BCUT2D eigenvalue weighted by Gasteiger charge is -2.14. The number of rotatable bonds is 15. The van der Waals surface area contributed by atoms with Crippen molar-refractivity contribution < 1.29 is 41.9 Å². The summed E-state index contributed by atoms with van der Waals surface area (Å²) in [7, 11) is 5.09. The predicted octanol–water partition coefficient (Wildman–Crippen LogP) is 12.0. The number of amidine groups is 3. The van der Waals surface area contributed by atoms with Crippen molar-refractivity contribution in [1.29, 1.82) is 5.41 Å². The van der Waals surface area contributed by atoms with E-state index >= 15 is 0 Å². The standard InChI is InChI=1S/C22H17BrFN5O2.C22H19BrFN5O2.C21H17BrFN5O2/c23-15-5-8-19(27-12-15)29-22(31)17-11-16(24)6-7-18(17)28-21(30)14-3-1-13(2-4-14)20-25-9-10-26-20;1-29(2)20(25)13-3-5-14(6-4-13)21(30)27-18-9-8-16(24)11-17(18)22(31)28-19-10-7-15(23)12-26-19;1-25-19(24)12-2-4-13(5-3-12)20(29)27-17-8-7-15(23)10-16(17)21(30)28-18-9-6-14(22)11-26-18/h1-8,11-12H,9-10H2,(H,25,26)(H,28,30)(H,27,29,31);3-12,25H,1-2H3,(H,27,30)(H,26,28,31);2-11H,1H3,(H2,24,25)(H,27,29)(H,26,28,30). The third-order valence-corrected chi connectivity index (χ3v) is 14.4. The van der Waals surface area contributed by atoms with Crippen molar-refractivity contribution in [3.05, 3.63) is 263 Å². The van der Waals surface area contributed by atoms with Crippen LogP contribution >= 0.6 is 47.8 Å². The highest BCUT2D eigenvalue weighted by Gasteiger charge is 2.21. The Morgan fingerprint density at radius 2 is 0.815 bits per heavy atom. The van der Waals surface area contributed by atoms with Crippen LogP contribution in [0.5, 0.6) is 0 Å². The van der Waals surface area contributed by atoms with Crippen molar-refractivity contribution in [2.75, 3.05) is 66.1 Å². The summed E-state index contributed by atoms with van der Waals surface area (Å²) in [4.78, 5) is 98.0. The molecule has 0 atom stereocenters. The van der Waals surface area contributed by atoms with Crippen LogP contribution in [0.15, 0.2) is 206 Å². The molecule has 27 heteroatoms. The van der Waals surface area contributed by atoms with Gasteiger partial charge in [-0.15, -0.1) is 0 Å². The lowest BCUT2D eigenvalue weighted by atomic mass is 10.1. The molecule has 466 valence electrons. The molecule has 4 heterocycles. The Hall–Kier alpha value is -10.8. The van der Waals surface area contributed by atoms with Gasteiger partial charge in [0.25, 0.3) is 35.4 Å². The number of benzene rings is 6. The molecule has 6 amide bonds. The van der Waals surface area contributed by atoms with Crippen LogP contribution in [0.1, 0.15) is 78.8 Å². The number of hydrogen-bond acceptors (Lipinski definition) is 13. The molecule has 0 aliphatic carbocycles. The van der Waals surface area contributed by atoms with E-state index in [2.05, 4.69) is 110 Å². The summed E-state index contributed by atoms with van der Waals surface area (Å²) < 4.78 is 43.7. The van der Waals surface area contributed by atoms with Gasteiger partial charge in [-0.1, -0.05) is 36.4 Å². The molecule has 0 bridgehead atoms. The highest BCUT2D eigenvalue weighted by Crippen LogP contribution is 2.25. The molecule has 0 spiro atoms. The average molecular weight is 1440 g/mol. The largest absolute Gasteiger partial charge is 0.384 e. The van der Waals surface area contributed by atoms with E-state index < -0.39 is 52.9 Å². The van der Waals surface area contributed by atoms with Gasteiger partial charge in [0.1, 0.15) is 52.4 Å². The zero-order chi connectivity index (χ0) is 66.0. The van der Waals surface area contributed by atoms with Crippen LogP contribution in [0, 0.1) is 22.9 Å². The summed E-state index contributed by atoms with van der Waals surface area (Å²) in [6.45, 7) is 1.52. The first-order valence-corrected chi connectivity index (χ1v) is 29.7. The number of carbonyl (C=O) groups excluding carboxylic acids is 6. The zero-order valence-electron chi connectivity index (χ0n) is 48.7. The molecule has 9 aromatic rings. The maximum absolute atomic E-state index is 13.8. The molecule has 92 heavy (non-hydrogen) atoms. The van der Waals surface area contributed by atoms with Crippen LogP contribution < -0.4 is 43.0 Å². The highest BCUT2D eigenvalue weighted by atomic mass is 79.9. The molecule has 0 saturated heterocycles. The van der Waals surface area contributed by atoms with Crippen molar-refractivity contribution in [1.82, 2.24) is 25.2 Å². The molecule has 1 aliphatic rings. The molecule has 0 unspecified atom stereocenters. The first kappa shape index (κ1) is 67.2. The minimum atomic E-state index is -0.613. The summed E-state index contributed by atoms with van der Waals surface area (Å²) in [5.41, 5.74) is 9.46. The minimum absolute atomic E-state index is 0.0146. The molecular formula is C65H53Br3F3N15O6. The number of halogens is 6. The van der Waals surface area contributed by atoms with Gasteiger partial charge < -0.3 is 47.9 Å². The number of nitrogens with zero attached hydrogens (tertiary/aromatic N) is 6. The second kappa shape index (κ2) is 31.6. The first-order chi connectivity index (χ1) is 44.1. The monoisotopic (exact) mass is 1430 g/mol. The van der Waals surface area contributed by atoms with Gasteiger partial charge in [0.05, 0.1) is 40.3 Å². The molecule has 0 saturated carbocycles. The van der Waals surface area contributed by atoms with E-state index in [4.69, 9.17) is 11.1 Å². The van der Waals surface area contributed by atoms with Crippen molar-refractivity contribution in [3.63, 3.8) is 0 Å². The van der Waals surface area contributed by atoms with Gasteiger partial charge in [0.2, 0.25) is 0 Å². The Balaban J connectivity index is 0.000000178. The van der Waals surface area contributed by atoms with Crippen molar-refractivity contribution in [2.24, 2.45) is 15.7 Å². The molecule has 21 nitrogen and oxygen atoms in total. The number of amides is 6. The quantitative estimate of drug-likeness (QED) is 0.0342. The van der Waals surface area contributed by atoms with Gasteiger partial charge in [-0.05, 0) is 175 Å². The molecule has 10 N–H and O–H groups in total. The number of nitrogens with two attached hydrogens (primary N) is 1. The van der Waals surface area contributed by atoms with Gasteiger partial charge in [-0.3, -0.25) is 44.2 Å². The second-order valence-electron chi connectivity index (χ2n) is 19.6. The highest BCUT2D eigenvalue weighted by molar-refractivity contribution is 9.11. The Morgan fingerprint density at radius 1 is 0.478 bits per heavy atom.